The van der Waals surface area contributed by atoms with Crippen molar-refractivity contribution in [3.8, 4) is 5.75 Å². The summed E-state index contributed by atoms with van der Waals surface area (Å²) in [5.41, 5.74) is 0.813. The lowest BCUT2D eigenvalue weighted by atomic mass is 10.2. The van der Waals surface area contributed by atoms with Crippen LogP contribution in [0.15, 0.2) is 18.3 Å². The first-order valence-electron chi connectivity index (χ1n) is 5.39. The Balaban J connectivity index is 2.07. The van der Waals surface area contributed by atoms with Gasteiger partial charge in [0.2, 0.25) is 0 Å². The molecule has 0 N–H and O–H groups in total. The van der Waals surface area contributed by atoms with Gasteiger partial charge in [-0.3, -0.25) is 0 Å². The van der Waals surface area contributed by atoms with Crippen LogP contribution in [0.2, 0.25) is 0 Å². The molecule has 4 nitrogen and oxygen atoms in total. The molecule has 0 bridgehead atoms. The van der Waals surface area contributed by atoms with Crippen molar-refractivity contribution < 1.29 is 4.74 Å². The van der Waals surface area contributed by atoms with Gasteiger partial charge in [0.05, 0.1) is 12.4 Å². The summed E-state index contributed by atoms with van der Waals surface area (Å²) >= 11 is 1.95. The van der Waals surface area contributed by atoms with Crippen molar-refractivity contribution in [3.63, 3.8) is 0 Å². The van der Waals surface area contributed by atoms with Gasteiger partial charge >= 0.3 is 0 Å². The molecule has 5 heteroatoms. The average molecular weight is 235 g/mol. The molecule has 1 aliphatic rings. The quantitative estimate of drug-likeness (QED) is 0.800. The van der Waals surface area contributed by atoms with E-state index in [1.54, 1.807) is 11.6 Å². The second kappa shape index (κ2) is 3.97. The molecule has 1 fully saturated rings. The summed E-state index contributed by atoms with van der Waals surface area (Å²) in [4.78, 5) is 4.57. The molecule has 0 saturated carbocycles. The average Bonchev–Trinajstić information content (AvgIpc) is 2.96. The molecule has 0 radical (unpaired) electrons. The van der Waals surface area contributed by atoms with Gasteiger partial charge in [-0.25, -0.2) is 9.50 Å². The van der Waals surface area contributed by atoms with Gasteiger partial charge in [0.15, 0.2) is 17.2 Å². The minimum absolute atomic E-state index is 0.463. The topological polar surface area (TPSA) is 39.4 Å². The lowest BCUT2D eigenvalue weighted by molar-refractivity contribution is 0.416. The molecule has 2 aromatic heterocycles. The second-order valence-electron chi connectivity index (χ2n) is 3.82. The van der Waals surface area contributed by atoms with Gasteiger partial charge in [-0.1, -0.05) is 0 Å². The van der Waals surface area contributed by atoms with Crippen LogP contribution < -0.4 is 4.74 Å². The van der Waals surface area contributed by atoms with Crippen LogP contribution in [0.1, 0.15) is 23.9 Å². The third-order valence-electron chi connectivity index (χ3n) is 2.78. The normalized spacial score (nSPS) is 20.4. The fourth-order valence-corrected chi connectivity index (χ4v) is 3.18. The van der Waals surface area contributed by atoms with Gasteiger partial charge in [0.1, 0.15) is 0 Å². The Labute approximate surface area is 98.0 Å². The Kier molecular flexibility index (Phi) is 2.47. The fourth-order valence-electron chi connectivity index (χ4n) is 1.98. The third kappa shape index (κ3) is 1.55. The van der Waals surface area contributed by atoms with E-state index in [0.29, 0.717) is 5.25 Å². The molecule has 16 heavy (non-hydrogen) atoms. The van der Waals surface area contributed by atoms with Crippen LogP contribution in [0.3, 0.4) is 0 Å². The number of hydrogen-bond acceptors (Lipinski definition) is 4. The van der Waals surface area contributed by atoms with E-state index in [9.17, 15) is 0 Å². The summed E-state index contributed by atoms with van der Waals surface area (Å²) < 4.78 is 7.07. The zero-order valence-electron chi connectivity index (χ0n) is 9.09. The van der Waals surface area contributed by atoms with Crippen LogP contribution >= 0.6 is 11.8 Å². The van der Waals surface area contributed by atoms with Crippen LogP contribution in [0.5, 0.6) is 5.75 Å². The number of methoxy groups -OCH3 is 1. The van der Waals surface area contributed by atoms with Crippen LogP contribution in [0.25, 0.3) is 5.65 Å². The number of fused-ring (bicyclic) bond motifs is 1. The van der Waals surface area contributed by atoms with E-state index in [0.717, 1.165) is 17.2 Å². The minimum atomic E-state index is 0.463. The van der Waals surface area contributed by atoms with Crippen molar-refractivity contribution >= 4 is 17.4 Å². The molecular formula is C11H13N3OS. The molecule has 1 aliphatic heterocycles. The largest absolute Gasteiger partial charge is 0.493 e. The molecule has 0 spiro atoms. The van der Waals surface area contributed by atoms with Crippen LogP contribution in [-0.4, -0.2) is 27.5 Å². The van der Waals surface area contributed by atoms with Gasteiger partial charge in [0.25, 0.3) is 0 Å². The maximum atomic E-state index is 5.27. The van der Waals surface area contributed by atoms with E-state index in [4.69, 9.17) is 4.74 Å². The van der Waals surface area contributed by atoms with Gasteiger partial charge in [-0.15, -0.1) is 5.10 Å². The Morgan fingerprint density at radius 3 is 3.25 bits per heavy atom. The number of rotatable bonds is 2. The number of ether oxygens (including phenoxy) is 1. The Bertz CT molecular complexity index is 505. The highest BCUT2D eigenvalue weighted by Gasteiger charge is 2.22. The molecule has 1 saturated heterocycles. The highest BCUT2D eigenvalue weighted by molar-refractivity contribution is 7.99. The molecule has 1 atom stereocenters. The summed E-state index contributed by atoms with van der Waals surface area (Å²) in [5, 5.41) is 4.97. The van der Waals surface area contributed by atoms with E-state index < -0.39 is 0 Å². The zero-order chi connectivity index (χ0) is 11.0. The SMILES string of the molecule is COc1cccn2nc(C3CCCS3)nc12. The van der Waals surface area contributed by atoms with Crippen molar-refractivity contribution in [1.82, 2.24) is 14.6 Å². The Morgan fingerprint density at radius 1 is 1.56 bits per heavy atom. The molecule has 0 amide bonds. The lowest BCUT2D eigenvalue weighted by Gasteiger charge is -1.99. The van der Waals surface area contributed by atoms with E-state index in [-0.39, 0.29) is 0 Å². The van der Waals surface area contributed by atoms with Gasteiger partial charge in [-0.05, 0) is 30.7 Å². The molecule has 0 aliphatic carbocycles. The first-order valence-corrected chi connectivity index (χ1v) is 6.44. The molecule has 84 valence electrons. The summed E-state index contributed by atoms with van der Waals surface area (Å²) in [6, 6.07) is 3.83. The second-order valence-corrected chi connectivity index (χ2v) is 5.13. The monoisotopic (exact) mass is 235 g/mol. The predicted octanol–water partition coefficient (Wildman–Crippen LogP) is 2.31. The molecule has 3 heterocycles. The van der Waals surface area contributed by atoms with Crippen molar-refractivity contribution in [2.75, 3.05) is 12.9 Å². The number of nitrogens with zero attached hydrogens (tertiary/aromatic N) is 3. The third-order valence-corrected chi connectivity index (χ3v) is 4.15. The van der Waals surface area contributed by atoms with E-state index >= 15 is 0 Å². The van der Waals surface area contributed by atoms with E-state index in [1.165, 1.54) is 18.6 Å². The maximum absolute atomic E-state index is 5.27. The fraction of sp³-hybridized carbons (Fsp3) is 0.455. The highest BCUT2D eigenvalue weighted by atomic mass is 32.2. The van der Waals surface area contributed by atoms with Crippen molar-refractivity contribution in [3.05, 3.63) is 24.2 Å². The summed E-state index contributed by atoms with van der Waals surface area (Å²) in [6.45, 7) is 0. The summed E-state index contributed by atoms with van der Waals surface area (Å²) in [6.07, 6.45) is 4.36. The highest BCUT2D eigenvalue weighted by Crippen LogP contribution is 2.38. The summed E-state index contributed by atoms with van der Waals surface area (Å²) in [7, 11) is 1.66. The number of thioether (sulfide) groups is 1. The van der Waals surface area contributed by atoms with Gasteiger partial charge < -0.3 is 4.74 Å². The predicted molar refractivity (Wildman–Crippen MR) is 64.0 cm³/mol. The smallest absolute Gasteiger partial charge is 0.198 e. The number of pyridine rings is 1. The lowest BCUT2D eigenvalue weighted by Crippen LogP contribution is -1.92. The van der Waals surface area contributed by atoms with Crippen molar-refractivity contribution in [2.45, 2.75) is 18.1 Å². The Hall–Kier alpha value is -1.23. The first kappa shape index (κ1) is 9.96. The molecule has 2 aromatic rings. The maximum Gasteiger partial charge on any atom is 0.198 e. The van der Waals surface area contributed by atoms with Crippen LogP contribution in [-0.2, 0) is 0 Å². The molecule has 0 aromatic carbocycles. The van der Waals surface area contributed by atoms with E-state index in [2.05, 4.69) is 10.1 Å². The Morgan fingerprint density at radius 2 is 2.50 bits per heavy atom. The zero-order valence-corrected chi connectivity index (χ0v) is 9.91. The first-order chi connectivity index (χ1) is 7.88. The number of aromatic nitrogens is 3. The van der Waals surface area contributed by atoms with Gasteiger partial charge in [-0.2, -0.15) is 11.8 Å². The van der Waals surface area contributed by atoms with Crippen molar-refractivity contribution in [1.29, 1.82) is 0 Å². The summed E-state index contributed by atoms with van der Waals surface area (Å²) in [5.74, 6) is 2.94. The molecule has 1 unspecified atom stereocenters. The standard InChI is InChI=1S/C11H13N3OS/c1-15-8-4-2-6-14-11(8)12-10(13-14)9-5-3-7-16-9/h2,4,6,9H,3,5,7H2,1H3. The molecule has 3 rings (SSSR count). The van der Waals surface area contributed by atoms with Crippen LogP contribution in [0, 0.1) is 0 Å². The van der Waals surface area contributed by atoms with E-state index in [1.807, 2.05) is 30.1 Å². The van der Waals surface area contributed by atoms with Crippen molar-refractivity contribution in [2.24, 2.45) is 0 Å². The van der Waals surface area contributed by atoms with Gasteiger partial charge in [0, 0.05) is 6.20 Å². The molecular weight excluding hydrogens is 222 g/mol. The van der Waals surface area contributed by atoms with Crippen LogP contribution in [0.4, 0.5) is 0 Å². The minimum Gasteiger partial charge on any atom is -0.493 e. The number of hydrogen-bond donors (Lipinski definition) is 0.